The van der Waals surface area contributed by atoms with Gasteiger partial charge in [-0.25, -0.2) is 0 Å². The first-order valence-corrected chi connectivity index (χ1v) is 5.55. The van der Waals surface area contributed by atoms with Gasteiger partial charge in [0.05, 0.1) is 0 Å². The molecule has 0 saturated carbocycles. The summed E-state index contributed by atoms with van der Waals surface area (Å²) in [7, 11) is 0. The Kier molecular flexibility index (Phi) is 4.00. The number of phenolic OH excluding ortho intramolecular Hbond substituents is 1. The quantitative estimate of drug-likeness (QED) is 0.827. The van der Waals surface area contributed by atoms with Crippen molar-refractivity contribution in [3.8, 4) is 5.75 Å². The zero-order valence-corrected chi connectivity index (χ0v) is 10.2. The van der Waals surface area contributed by atoms with Gasteiger partial charge < -0.3 is 10.4 Å². The van der Waals surface area contributed by atoms with Gasteiger partial charge in [0.1, 0.15) is 5.75 Å². The molecule has 1 rings (SSSR count). The fourth-order valence-corrected chi connectivity index (χ4v) is 1.41. The predicted molar refractivity (Wildman–Crippen MR) is 64.3 cm³/mol. The van der Waals surface area contributed by atoms with E-state index in [1.807, 2.05) is 0 Å². The van der Waals surface area contributed by atoms with E-state index in [9.17, 15) is 5.11 Å². The van der Waals surface area contributed by atoms with Gasteiger partial charge in [0.15, 0.2) is 0 Å². The van der Waals surface area contributed by atoms with Crippen LogP contribution in [0.25, 0.3) is 0 Å². The monoisotopic (exact) mass is 227 g/mol. The van der Waals surface area contributed by atoms with E-state index in [0.29, 0.717) is 11.6 Å². The van der Waals surface area contributed by atoms with Crippen molar-refractivity contribution >= 4 is 11.6 Å². The lowest BCUT2D eigenvalue weighted by Gasteiger charge is -2.25. The first-order valence-electron chi connectivity index (χ1n) is 5.17. The predicted octanol–water partition coefficient (Wildman–Crippen LogP) is 3.32. The van der Waals surface area contributed by atoms with E-state index in [-0.39, 0.29) is 11.3 Å². The molecule has 2 N–H and O–H groups in total. The molecular formula is C12H18ClNO. The lowest BCUT2D eigenvalue weighted by atomic mass is 10.0. The summed E-state index contributed by atoms with van der Waals surface area (Å²) in [4.78, 5) is 0. The van der Waals surface area contributed by atoms with Gasteiger partial charge in [-0.3, -0.25) is 0 Å². The molecule has 0 aliphatic rings. The molecule has 0 saturated heterocycles. The standard InChI is InChI=1S/C12H18ClNO/c1-4-12(2,3)14-8-9-10(13)6-5-7-11(9)15/h5-7,14-15H,4,8H2,1-3H3. The van der Waals surface area contributed by atoms with Crippen molar-refractivity contribution in [2.24, 2.45) is 0 Å². The second-order valence-electron chi connectivity index (χ2n) is 4.33. The van der Waals surface area contributed by atoms with Gasteiger partial charge in [-0.1, -0.05) is 24.6 Å². The van der Waals surface area contributed by atoms with Crippen LogP contribution < -0.4 is 5.32 Å². The van der Waals surface area contributed by atoms with E-state index in [1.54, 1.807) is 18.2 Å². The second-order valence-corrected chi connectivity index (χ2v) is 4.74. The van der Waals surface area contributed by atoms with Crippen molar-refractivity contribution in [1.29, 1.82) is 0 Å². The van der Waals surface area contributed by atoms with Crippen LogP contribution in [0.4, 0.5) is 0 Å². The van der Waals surface area contributed by atoms with Gasteiger partial charge in [0, 0.05) is 22.7 Å². The molecule has 84 valence electrons. The third kappa shape index (κ3) is 3.40. The van der Waals surface area contributed by atoms with Gasteiger partial charge in [-0.15, -0.1) is 0 Å². The Morgan fingerprint density at radius 2 is 2.07 bits per heavy atom. The fourth-order valence-electron chi connectivity index (χ4n) is 1.17. The first-order chi connectivity index (χ1) is 6.96. The maximum atomic E-state index is 9.64. The Labute approximate surface area is 96.3 Å². The minimum atomic E-state index is 0.0611. The molecular weight excluding hydrogens is 210 g/mol. The second kappa shape index (κ2) is 4.86. The molecule has 15 heavy (non-hydrogen) atoms. The molecule has 0 aromatic heterocycles. The third-order valence-corrected chi connectivity index (χ3v) is 3.08. The van der Waals surface area contributed by atoms with Crippen LogP contribution >= 0.6 is 11.6 Å². The van der Waals surface area contributed by atoms with Crippen LogP contribution in [0.5, 0.6) is 5.75 Å². The van der Waals surface area contributed by atoms with Crippen molar-refractivity contribution in [3.63, 3.8) is 0 Å². The molecule has 1 aromatic carbocycles. The van der Waals surface area contributed by atoms with Gasteiger partial charge >= 0.3 is 0 Å². The minimum Gasteiger partial charge on any atom is -0.508 e. The van der Waals surface area contributed by atoms with Crippen LogP contribution in [0.15, 0.2) is 18.2 Å². The fraction of sp³-hybridized carbons (Fsp3) is 0.500. The van der Waals surface area contributed by atoms with Crippen molar-refractivity contribution < 1.29 is 5.11 Å². The Morgan fingerprint density at radius 1 is 1.40 bits per heavy atom. The smallest absolute Gasteiger partial charge is 0.121 e. The van der Waals surface area contributed by atoms with Crippen LogP contribution in [0.1, 0.15) is 32.8 Å². The molecule has 0 bridgehead atoms. The molecule has 0 amide bonds. The number of hydrogen-bond acceptors (Lipinski definition) is 2. The number of halogens is 1. The van der Waals surface area contributed by atoms with E-state index in [4.69, 9.17) is 11.6 Å². The summed E-state index contributed by atoms with van der Waals surface area (Å²) in [6.07, 6.45) is 1.03. The minimum absolute atomic E-state index is 0.0611. The summed E-state index contributed by atoms with van der Waals surface area (Å²) in [6.45, 7) is 6.97. The zero-order chi connectivity index (χ0) is 11.5. The number of aromatic hydroxyl groups is 1. The van der Waals surface area contributed by atoms with Crippen LogP contribution in [0.3, 0.4) is 0 Å². The van der Waals surface area contributed by atoms with Crippen LogP contribution in [-0.2, 0) is 6.54 Å². The van der Waals surface area contributed by atoms with E-state index in [0.717, 1.165) is 12.0 Å². The average molecular weight is 228 g/mol. The van der Waals surface area contributed by atoms with E-state index < -0.39 is 0 Å². The number of nitrogens with one attached hydrogen (secondary N) is 1. The van der Waals surface area contributed by atoms with Crippen molar-refractivity contribution in [3.05, 3.63) is 28.8 Å². The number of phenols is 1. The summed E-state index contributed by atoms with van der Waals surface area (Å²) in [5.41, 5.74) is 0.826. The van der Waals surface area contributed by atoms with E-state index in [2.05, 4.69) is 26.1 Å². The lowest BCUT2D eigenvalue weighted by Crippen LogP contribution is -2.37. The molecule has 0 fully saturated rings. The van der Waals surface area contributed by atoms with Crippen LogP contribution in [0.2, 0.25) is 5.02 Å². The summed E-state index contributed by atoms with van der Waals surface area (Å²) in [5, 5.41) is 13.6. The molecule has 0 aliphatic heterocycles. The molecule has 3 heteroatoms. The lowest BCUT2D eigenvalue weighted by molar-refractivity contribution is 0.369. The summed E-state index contributed by atoms with van der Waals surface area (Å²) in [6, 6.07) is 5.19. The Hall–Kier alpha value is -0.730. The highest BCUT2D eigenvalue weighted by atomic mass is 35.5. The maximum Gasteiger partial charge on any atom is 0.121 e. The molecule has 0 aliphatic carbocycles. The highest BCUT2D eigenvalue weighted by molar-refractivity contribution is 6.31. The van der Waals surface area contributed by atoms with Crippen molar-refractivity contribution in [2.75, 3.05) is 0 Å². The summed E-state index contributed by atoms with van der Waals surface area (Å²) >= 11 is 6.00. The maximum absolute atomic E-state index is 9.64. The van der Waals surface area contributed by atoms with E-state index in [1.165, 1.54) is 0 Å². The van der Waals surface area contributed by atoms with E-state index >= 15 is 0 Å². The molecule has 0 unspecified atom stereocenters. The van der Waals surface area contributed by atoms with Crippen molar-refractivity contribution in [1.82, 2.24) is 5.32 Å². The normalized spacial score (nSPS) is 11.7. The Balaban J connectivity index is 2.73. The topological polar surface area (TPSA) is 32.3 Å². The number of hydrogen-bond donors (Lipinski definition) is 2. The SMILES string of the molecule is CCC(C)(C)NCc1c(O)cccc1Cl. The average Bonchev–Trinajstić information content (AvgIpc) is 2.17. The molecule has 0 spiro atoms. The summed E-state index contributed by atoms with van der Waals surface area (Å²) < 4.78 is 0. The number of rotatable bonds is 4. The van der Waals surface area contributed by atoms with Gasteiger partial charge in [0.2, 0.25) is 0 Å². The van der Waals surface area contributed by atoms with Gasteiger partial charge in [-0.2, -0.15) is 0 Å². The van der Waals surface area contributed by atoms with Crippen LogP contribution in [0, 0.1) is 0 Å². The zero-order valence-electron chi connectivity index (χ0n) is 9.47. The largest absolute Gasteiger partial charge is 0.508 e. The highest BCUT2D eigenvalue weighted by Crippen LogP contribution is 2.25. The molecule has 0 radical (unpaired) electrons. The van der Waals surface area contributed by atoms with Crippen molar-refractivity contribution in [2.45, 2.75) is 39.3 Å². The molecule has 1 aromatic rings. The third-order valence-electron chi connectivity index (χ3n) is 2.72. The molecule has 2 nitrogen and oxygen atoms in total. The Bertz CT molecular complexity index is 316. The van der Waals surface area contributed by atoms with Gasteiger partial charge in [-0.05, 0) is 32.4 Å². The first kappa shape index (κ1) is 12.3. The molecule has 0 heterocycles. The number of benzene rings is 1. The van der Waals surface area contributed by atoms with Gasteiger partial charge in [0.25, 0.3) is 0 Å². The molecule has 0 atom stereocenters. The van der Waals surface area contributed by atoms with Crippen LogP contribution in [-0.4, -0.2) is 10.6 Å². The Morgan fingerprint density at radius 3 is 2.60 bits per heavy atom. The summed E-state index contributed by atoms with van der Waals surface area (Å²) in [5.74, 6) is 0.252. The highest BCUT2D eigenvalue weighted by Gasteiger charge is 2.15.